The Labute approximate surface area is 91.7 Å². The zero-order chi connectivity index (χ0) is 11.3. The van der Waals surface area contributed by atoms with Gasteiger partial charge in [0, 0.05) is 6.04 Å². The number of aryl methyl sites for hydroxylation is 1. The van der Waals surface area contributed by atoms with Gasteiger partial charge in [0.15, 0.2) is 0 Å². The lowest BCUT2D eigenvalue weighted by Gasteiger charge is -2.12. The molecule has 0 heterocycles. The molecule has 0 saturated heterocycles. The highest BCUT2D eigenvalue weighted by atomic mass is 16.1. The van der Waals surface area contributed by atoms with Crippen molar-refractivity contribution in [3.8, 4) is 0 Å². The Kier molecular flexibility index (Phi) is 4.35. The fraction of sp³-hybridized carbons (Fsp3) is 0.462. The number of nitrogens with one attached hydrogen (secondary N) is 1. The average molecular weight is 205 g/mol. The average Bonchev–Trinajstić information content (AvgIpc) is 2.21. The van der Waals surface area contributed by atoms with Crippen molar-refractivity contribution >= 4 is 5.91 Å². The molecular formula is C13H19NO. The Hall–Kier alpha value is -1.31. The van der Waals surface area contributed by atoms with Gasteiger partial charge in [-0.2, -0.15) is 0 Å². The minimum atomic E-state index is 0.110. The lowest BCUT2D eigenvalue weighted by molar-refractivity contribution is -0.121. The SMILES string of the molecule is CCC(C)NC(=O)Cc1ccccc1C. The van der Waals surface area contributed by atoms with Gasteiger partial charge in [0.05, 0.1) is 6.42 Å². The summed E-state index contributed by atoms with van der Waals surface area (Å²) in [5, 5.41) is 2.97. The smallest absolute Gasteiger partial charge is 0.224 e. The molecule has 0 spiro atoms. The van der Waals surface area contributed by atoms with Crippen molar-refractivity contribution in [1.29, 1.82) is 0 Å². The van der Waals surface area contributed by atoms with E-state index in [-0.39, 0.29) is 11.9 Å². The van der Waals surface area contributed by atoms with E-state index in [1.807, 2.05) is 38.1 Å². The first-order valence-electron chi connectivity index (χ1n) is 5.47. The van der Waals surface area contributed by atoms with Gasteiger partial charge in [0.1, 0.15) is 0 Å². The Morgan fingerprint density at radius 2 is 2.07 bits per heavy atom. The van der Waals surface area contributed by atoms with Crippen LogP contribution in [-0.2, 0) is 11.2 Å². The molecule has 82 valence electrons. The Balaban J connectivity index is 2.55. The molecule has 0 saturated carbocycles. The Morgan fingerprint density at radius 1 is 1.40 bits per heavy atom. The summed E-state index contributed by atoms with van der Waals surface area (Å²) in [7, 11) is 0. The van der Waals surface area contributed by atoms with Crippen molar-refractivity contribution in [2.24, 2.45) is 0 Å². The highest BCUT2D eigenvalue weighted by Gasteiger charge is 2.07. The zero-order valence-corrected chi connectivity index (χ0v) is 9.71. The molecule has 0 aliphatic heterocycles. The number of benzene rings is 1. The molecule has 2 heteroatoms. The lowest BCUT2D eigenvalue weighted by Crippen LogP contribution is -2.33. The van der Waals surface area contributed by atoms with Crippen LogP contribution in [-0.4, -0.2) is 11.9 Å². The normalized spacial score (nSPS) is 12.2. The first-order valence-corrected chi connectivity index (χ1v) is 5.47. The maximum absolute atomic E-state index is 11.6. The lowest BCUT2D eigenvalue weighted by atomic mass is 10.1. The molecule has 0 aromatic heterocycles. The second-order valence-electron chi connectivity index (χ2n) is 3.98. The molecule has 0 bridgehead atoms. The van der Waals surface area contributed by atoms with E-state index in [9.17, 15) is 4.79 Å². The van der Waals surface area contributed by atoms with Gasteiger partial charge in [0.2, 0.25) is 5.91 Å². The first-order chi connectivity index (χ1) is 7.13. The highest BCUT2D eigenvalue weighted by molar-refractivity contribution is 5.79. The van der Waals surface area contributed by atoms with Crippen molar-refractivity contribution in [3.63, 3.8) is 0 Å². The highest BCUT2D eigenvalue weighted by Crippen LogP contribution is 2.07. The summed E-state index contributed by atoms with van der Waals surface area (Å²) in [6.45, 7) is 6.13. The van der Waals surface area contributed by atoms with Gasteiger partial charge in [0.25, 0.3) is 0 Å². The van der Waals surface area contributed by atoms with E-state index in [0.717, 1.165) is 12.0 Å². The number of carbonyl (C=O) groups excluding carboxylic acids is 1. The van der Waals surface area contributed by atoms with Crippen LogP contribution in [0.4, 0.5) is 0 Å². The maximum atomic E-state index is 11.6. The van der Waals surface area contributed by atoms with Crippen LogP contribution in [0, 0.1) is 6.92 Å². The minimum absolute atomic E-state index is 0.110. The Morgan fingerprint density at radius 3 is 2.67 bits per heavy atom. The van der Waals surface area contributed by atoms with E-state index in [4.69, 9.17) is 0 Å². The first kappa shape index (κ1) is 11.8. The van der Waals surface area contributed by atoms with E-state index in [0.29, 0.717) is 6.42 Å². The van der Waals surface area contributed by atoms with Crippen LogP contribution in [0.15, 0.2) is 24.3 Å². The molecule has 0 aliphatic rings. The largest absolute Gasteiger partial charge is 0.353 e. The third-order valence-corrected chi connectivity index (χ3v) is 2.63. The topological polar surface area (TPSA) is 29.1 Å². The summed E-state index contributed by atoms with van der Waals surface area (Å²) < 4.78 is 0. The fourth-order valence-electron chi connectivity index (χ4n) is 1.41. The molecule has 0 aliphatic carbocycles. The summed E-state index contributed by atoms with van der Waals surface area (Å²) in [5.74, 6) is 0.110. The second-order valence-corrected chi connectivity index (χ2v) is 3.98. The number of rotatable bonds is 4. The summed E-state index contributed by atoms with van der Waals surface area (Å²) in [6.07, 6.45) is 1.45. The van der Waals surface area contributed by atoms with Crippen LogP contribution in [0.3, 0.4) is 0 Å². The summed E-state index contributed by atoms with van der Waals surface area (Å²) in [4.78, 5) is 11.6. The standard InChI is InChI=1S/C13H19NO/c1-4-11(3)14-13(15)9-12-8-6-5-7-10(12)2/h5-8,11H,4,9H2,1-3H3,(H,14,15). The monoisotopic (exact) mass is 205 g/mol. The molecule has 15 heavy (non-hydrogen) atoms. The molecule has 1 N–H and O–H groups in total. The van der Waals surface area contributed by atoms with Gasteiger partial charge >= 0.3 is 0 Å². The number of hydrogen-bond donors (Lipinski definition) is 1. The van der Waals surface area contributed by atoms with Gasteiger partial charge < -0.3 is 5.32 Å². The van der Waals surface area contributed by atoms with Gasteiger partial charge in [-0.25, -0.2) is 0 Å². The summed E-state index contributed by atoms with van der Waals surface area (Å²) in [5.41, 5.74) is 2.29. The molecule has 1 rings (SSSR count). The second kappa shape index (κ2) is 5.54. The maximum Gasteiger partial charge on any atom is 0.224 e. The molecule has 1 aromatic rings. The van der Waals surface area contributed by atoms with E-state index >= 15 is 0 Å². The number of hydrogen-bond acceptors (Lipinski definition) is 1. The van der Waals surface area contributed by atoms with Crippen LogP contribution >= 0.6 is 0 Å². The van der Waals surface area contributed by atoms with Gasteiger partial charge in [-0.05, 0) is 31.4 Å². The van der Waals surface area contributed by atoms with Crippen molar-refractivity contribution < 1.29 is 4.79 Å². The third-order valence-electron chi connectivity index (χ3n) is 2.63. The molecule has 1 unspecified atom stereocenters. The fourth-order valence-corrected chi connectivity index (χ4v) is 1.41. The van der Waals surface area contributed by atoms with Crippen molar-refractivity contribution in [2.45, 2.75) is 39.7 Å². The van der Waals surface area contributed by atoms with Crippen molar-refractivity contribution in [1.82, 2.24) is 5.32 Å². The molecule has 1 aromatic carbocycles. The van der Waals surface area contributed by atoms with Crippen LogP contribution < -0.4 is 5.32 Å². The van der Waals surface area contributed by atoms with Crippen LogP contribution in [0.2, 0.25) is 0 Å². The molecule has 1 amide bonds. The zero-order valence-electron chi connectivity index (χ0n) is 9.71. The van der Waals surface area contributed by atoms with Gasteiger partial charge in [-0.15, -0.1) is 0 Å². The molecule has 0 radical (unpaired) electrons. The van der Waals surface area contributed by atoms with Crippen LogP contribution in [0.25, 0.3) is 0 Å². The van der Waals surface area contributed by atoms with Crippen LogP contribution in [0.1, 0.15) is 31.4 Å². The third kappa shape index (κ3) is 3.74. The van der Waals surface area contributed by atoms with Crippen molar-refractivity contribution in [3.05, 3.63) is 35.4 Å². The van der Waals surface area contributed by atoms with Gasteiger partial charge in [-0.1, -0.05) is 31.2 Å². The minimum Gasteiger partial charge on any atom is -0.353 e. The van der Waals surface area contributed by atoms with Crippen molar-refractivity contribution in [2.75, 3.05) is 0 Å². The molecular weight excluding hydrogens is 186 g/mol. The van der Waals surface area contributed by atoms with Crippen LogP contribution in [0.5, 0.6) is 0 Å². The van der Waals surface area contributed by atoms with E-state index in [2.05, 4.69) is 12.2 Å². The molecule has 2 nitrogen and oxygen atoms in total. The molecule has 1 atom stereocenters. The van der Waals surface area contributed by atoms with E-state index < -0.39 is 0 Å². The molecule has 0 fully saturated rings. The van der Waals surface area contributed by atoms with E-state index in [1.165, 1.54) is 5.56 Å². The quantitative estimate of drug-likeness (QED) is 0.803. The number of amides is 1. The predicted octanol–water partition coefficient (Wildman–Crippen LogP) is 2.45. The van der Waals surface area contributed by atoms with Gasteiger partial charge in [-0.3, -0.25) is 4.79 Å². The Bertz CT molecular complexity index is 333. The van der Waals surface area contributed by atoms with E-state index in [1.54, 1.807) is 0 Å². The number of carbonyl (C=O) groups is 1. The predicted molar refractivity (Wildman–Crippen MR) is 62.8 cm³/mol. The summed E-state index contributed by atoms with van der Waals surface area (Å²) >= 11 is 0. The summed E-state index contributed by atoms with van der Waals surface area (Å²) in [6, 6.07) is 8.27.